The Balaban J connectivity index is 1.60. The molecule has 4 fully saturated rings. The minimum absolute atomic E-state index is 0.0901. The van der Waals surface area contributed by atoms with Crippen LogP contribution in [0.4, 0.5) is 0 Å². The monoisotopic (exact) mass is 442 g/mol. The van der Waals surface area contributed by atoms with E-state index in [9.17, 15) is 10.2 Å². The van der Waals surface area contributed by atoms with Gasteiger partial charge >= 0.3 is 0 Å². The van der Waals surface area contributed by atoms with Crippen LogP contribution >= 0.6 is 0 Å². The Morgan fingerprint density at radius 3 is 2.16 bits per heavy atom. The third-order valence-electron chi connectivity index (χ3n) is 12.9. The molecule has 0 heterocycles. The first-order valence-electron chi connectivity index (χ1n) is 13.7. The topological polar surface area (TPSA) is 40.5 Å². The van der Waals surface area contributed by atoms with Gasteiger partial charge < -0.3 is 10.2 Å². The zero-order valence-corrected chi connectivity index (χ0v) is 22.2. The van der Waals surface area contributed by atoms with Crippen LogP contribution in [0, 0.1) is 50.2 Å². The lowest BCUT2D eigenvalue weighted by atomic mass is 9.33. The molecule has 2 N–H and O–H groups in total. The Morgan fingerprint density at radius 2 is 1.47 bits per heavy atom. The van der Waals surface area contributed by atoms with E-state index in [1.54, 1.807) is 5.57 Å². The molecule has 2 nitrogen and oxygen atoms in total. The fraction of sp³-hybridized carbons (Fsp3) is 0.933. The van der Waals surface area contributed by atoms with Gasteiger partial charge in [-0.25, -0.2) is 0 Å². The lowest BCUT2D eigenvalue weighted by Crippen LogP contribution is -2.68. The third-order valence-corrected chi connectivity index (χ3v) is 12.9. The minimum Gasteiger partial charge on any atom is -0.393 e. The van der Waals surface area contributed by atoms with Gasteiger partial charge in [-0.2, -0.15) is 0 Å². The van der Waals surface area contributed by atoms with Gasteiger partial charge in [-0.15, -0.1) is 0 Å². The molecule has 0 radical (unpaired) electrons. The van der Waals surface area contributed by atoms with Crippen LogP contribution in [0.2, 0.25) is 0 Å². The molecule has 0 aromatic rings. The maximum atomic E-state index is 11.8. The van der Waals surface area contributed by atoms with Crippen LogP contribution in [0.25, 0.3) is 0 Å². The maximum Gasteiger partial charge on any atom is 0.0595 e. The summed E-state index contributed by atoms with van der Waals surface area (Å²) >= 11 is 0. The van der Waals surface area contributed by atoms with Gasteiger partial charge in [0.25, 0.3) is 0 Å². The first kappa shape index (κ1) is 23.4. The highest BCUT2D eigenvalue weighted by Crippen LogP contribution is 2.75. The lowest BCUT2D eigenvalue weighted by Gasteiger charge is -2.72. The molecule has 5 rings (SSSR count). The van der Waals surface area contributed by atoms with Crippen molar-refractivity contribution in [2.45, 2.75) is 125 Å². The summed E-state index contributed by atoms with van der Waals surface area (Å²) < 4.78 is 0. The van der Waals surface area contributed by atoms with Crippen molar-refractivity contribution in [2.24, 2.45) is 50.2 Å². The fourth-order valence-electron chi connectivity index (χ4n) is 10.7. The number of fused-ring (bicyclic) bond motifs is 7. The van der Waals surface area contributed by atoms with Gasteiger partial charge in [-0.05, 0) is 108 Å². The van der Waals surface area contributed by atoms with Crippen molar-refractivity contribution in [3.63, 3.8) is 0 Å². The van der Waals surface area contributed by atoms with Gasteiger partial charge in [0.05, 0.1) is 12.2 Å². The molecule has 4 saturated carbocycles. The molecule has 182 valence electrons. The summed E-state index contributed by atoms with van der Waals surface area (Å²) in [6, 6.07) is 0. The van der Waals surface area contributed by atoms with Gasteiger partial charge in [0.15, 0.2) is 0 Å². The normalized spacial score (nSPS) is 56.2. The van der Waals surface area contributed by atoms with Crippen LogP contribution in [0.5, 0.6) is 0 Å². The van der Waals surface area contributed by atoms with E-state index < -0.39 is 0 Å². The molecule has 0 aromatic carbocycles. The number of rotatable bonds is 0. The Hall–Kier alpha value is -0.340. The van der Waals surface area contributed by atoms with Crippen molar-refractivity contribution in [1.82, 2.24) is 0 Å². The van der Waals surface area contributed by atoms with Crippen molar-refractivity contribution >= 4 is 0 Å². The molecule has 9 atom stereocenters. The third kappa shape index (κ3) is 2.78. The fourth-order valence-corrected chi connectivity index (χ4v) is 10.7. The van der Waals surface area contributed by atoms with Crippen molar-refractivity contribution < 1.29 is 10.2 Å². The number of allylic oxidation sites excluding steroid dienone is 2. The van der Waals surface area contributed by atoms with Crippen LogP contribution in [0.1, 0.15) is 113 Å². The Morgan fingerprint density at radius 1 is 0.812 bits per heavy atom. The van der Waals surface area contributed by atoms with E-state index in [1.807, 2.05) is 0 Å². The predicted octanol–water partition coefficient (Wildman–Crippen LogP) is 7.14. The van der Waals surface area contributed by atoms with E-state index in [2.05, 4.69) is 61.5 Å². The largest absolute Gasteiger partial charge is 0.393 e. The molecule has 0 aromatic heterocycles. The molecule has 0 saturated heterocycles. The van der Waals surface area contributed by atoms with Gasteiger partial charge in [0.2, 0.25) is 0 Å². The maximum absolute atomic E-state index is 11.8. The number of aliphatic hydroxyl groups excluding tert-OH is 2. The molecule has 0 bridgehead atoms. The Labute approximate surface area is 197 Å². The number of aliphatic hydroxyl groups is 2. The zero-order valence-electron chi connectivity index (χ0n) is 22.2. The smallest absolute Gasteiger partial charge is 0.0595 e. The summed E-state index contributed by atoms with van der Waals surface area (Å²) in [6.45, 7) is 19.6. The van der Waals surface area contributed by atoms with E-state index >= 15 is 0 Å². The molecule has 2 heteroatoms. The van der Waals surface area contributed by atoms with Crippen LogP contribution in [-0.2, 0) is 0 Å². The molecular formula is C30H50O2. The van der Waals surface area contributed by atoms with Gasteiger partial charge in [-0.1, -0.05) is 67.0 Å². The molecule has 5 aliphatic rings. The summed E-state index contributed by atoms with van der Waals surface area (Å²) in [7, 11) is 0. The predicted molar refractivity (Wildman–Crippen MR) is 132 cm³/mol. The second kappa shape index (κ2) is 6.66. The van der Waals surface area contributed by atoms with Crippen molar-refractivity contribution in [3.05, 3.63) is 11.6 Å². The number of hydrogen-bond donors (Lipinski definition) is 2. The van der Waals surface area contributed by atoms with Crippen LogP contribution in [0.3, 0.4) is 0 Å². The first-order chi connectivity index (χ1) is 14.6. The van der Waals surface area contributed by atoms with Crippen LogP contribution in [0.15, 0.2) is 11.6 Å². The second-order valence-corrected chi connectivity index (χ2v) is 15.4. The highest BCUT2D eigenvalue weighted by Gasteiger charge is 2.69. The second-order valence-electron chi connectivity index (χ2n) is 15.4. The molecule has 0 aliphatic heterocycles. The molecule has 0 unspecified atom stereocenters. The quantitative estimate of drug-likeness (QED) is 0.391. The Bertz CT molecular complexity index is 825. The molecule has 5 aliphatic carbocycles. The molecule has 0 amide bonds. The van der Waals surface area contributed by atoms with E-state index in [1.165, 1.54) is 38.5 Å². The van der Waals surface area contributed by atoms with E-state index in [0.717, 1.165) is 19.3 Å². The van der Waals surface area contributed by atoms with E-state index in [-0.39, 0.29) is 39.8 Å². The van der Waals surface area contributed by atoms with Crippen molar-refractivity contribution in [1.29, 1.82) is 0 Å². The highest BCUT2D eigenvalue weighted by molar-refractivity contribution is 5.34. The van der Waals surface area contributed by atoms with E-state index in [4.69, 9.17) is 0 Å². The average molecular weight is 443 g/mol. The molecule has 32 heavy (non-hydrogen) atoms. The minimum atomic E-state index is -0.321. The van der Waals surface area contributed by atoms with Gasteiger partial charge in [-0.3, -0.25) is 0 Å². The van der Waals surface area contributed by atoms with Crippen LogP contribution in [-0.4, -0.2) is 22.4 Å². The van der Waals surface area contributed by atoms with E-state index in [0.29, 0.717) is 22.7 Å². The Kier molecular flexibility index (Phi) is 4.87. The lowest BCUT2D eigenvalue weighted by molar-refractivity contribution is -0.241. The van der Waals surface area contributed by atoms with Gasteiger partial charge in [0.1, 0.15) is 0 Å². The van der Waals surface area contributed by atoms with Crippen molar-refractivity contribution in [2.75, 3.05) is 0 Å². The first-order valence-corrected chi connectivity index (χ1v) is 13.7. The van der Waals surface area contributed by atoms with Gasteiger partial charge in [0, 0.05) is 0 Å². The summed E-state index contributed by atoms with van der Waals surface area (Å²) in [5.74, 6) is 1.47. The van der Waals surface area contributed by atoms with Crippen LogP contribution < -0.4 is 0 Å². The average Bonchev–Trinajstić information content (AvgIpc) is 2.67. The summed E-state index contributed by atoms with van der Waals surface area (Å²) in [5, 5.41) is 22.7. The van der Waals surface area contributed by atoms with Crippen molar-refractivity contribution in [3.8, 4) is 0 Å². The summed E-state index contributed by atoms with van der Waals surface area (Å²) in [5.41, 5.74) is 2.84. The zero-order chi connectivity index (χ0) is 23.5. The number of hydrogen-bond acceptors (Lipinski definition) is 2. The molecular weight excluding hydrogens is 392 g/mol. The SMILES string of the molecule is CC1(C)CC[C@]2(C)CC[C@]3(C)C(=CC[C@H]4[C@@]5(C)CC[C@H](O)C(C)(C)[C@H]5[C@H](O)C[C@]43C)[C@H]2C1. The summed E-state index contributed by atoms with van der Waals surface area (Å²) in [4.78, 5) is 0. The standard InChI is InChI=1S/C30H50O2/c1-25(2)13-14-27(5)15-16-29(7)19(20(27)17-25)9-10-22-28(6)12-11-23(32)26(3,4)24(28)21(31)18-30(22,29)8/h9,20-24,31-32H,10-18H2,1-8H3/t20-,21-,22+,23+,24-,27-,28-,29-,30-/m1/s1. The summed E-state index contributed by atoms with van der Waals surface area (Å²) in [6.07, 6.45) is 12.8. The highest BCUT2D eigenvalue weighted by atomic mass is 16.3. The molecule has 0 spiro atoms.